The molecule has 0 aliphatic rings. The molecular formula is C27H28ClN3O4S. The Bertz CT molecular complexity index is 1330. The molecule has 7 nitrogen and oxygen atoms in total. The lowest BCUT2D eigenvalue weighted by atomic mass is 10.1. The maximum Gasteiger partial charge on any atom is 0.260 e. The lowest BCUT2D eigenvalue weighted by Gasteiger charge is -2.22. The van der Waals surface area contributed by atoms with Crippen LogP contribution in [0.3, 0.4) is 0 Å². The number of hydrogen-bond donors (Lipinski definition) is 0. The van der Waals surface area contributed by atoms with Crippen LogP contribution in [0.5, 0.6) is 17.2 Å². The Morgan fingerprint density at radius 1 is 1.03 bits per heavy atom. The van der Waals surface area contributed by atoms with E-state index in [1.165, 1.54) is 11.3 Å². The highest BCUT2D eigenvalue weighted by Crippen LogP contribution is 2.40. The number of carbonyl (C=O) groups excluding carboxylic acids is 1. The molecule has 1 amide bonds. The number of thiazole rings is 1. The highest BCUT2D eigenvalue weighted by molar-refractivity contribution is 7.22. The summed E-state index contributed by atoms with van der Waals surface area (Å²) < 4.78 is 18.4. The second kappa shape index (κ2) is 11.6. The number of nitrogens with zero attached hydrogens (tertiary/aromatic N) is 3. The lowest BCUT2D eigenvalue weighted by molar-refractivity contribution is 0.0984. The molecule has 0 N–H and O–H groups in total. The molecule has 4 rings (SSSR count). The minimum atomic E-state index is -0.244. The summed E-state index contributed by atoms with van der Waals surface area (Å²) in [7, 11) is 0. The number of pyridine rings is 1. The average molecular weight is 526 g/mol. The van der Waals surface area contributed by atoms with Crippen LogP contribution in [0, 0.1) is 6.92 Å². The van der Waals surface area contributed by atoms with Gasteiger partial charge in [-0.05, 0) is 69.2 Å². The van der Waals surface area contributed by atoms with Crippen LogP contribution in [0.25, 0.3) is 10.2 Å². The lowest BCUT2D eigenvalue weighted by Crippen LogP contribution is -2.30. The van der Waals surface area contributed by atoms with Crippen LogP contribution in [-0.2, 0) is 6.54 Å². The van der Waals surface area contributed by atoms with E-state index in [0.29, 0.717) is 59.3 Å². The Hall–Kier alpha value is -3.36. The zero-order valence-corrected chi connectivity index (χ0v) is 22.3. The van der Waals surface area contributed by atoms with E-state index < -0.39 is 0 Å². The minimum Gasteiger partial charge on any atom is -0.490 e. The van der Waals surface area contributed by atoms with Gasteiger partial charge in [0.15, 0.2) is 16.6 Å². The van der Waals surface area contributed by atoms with Crippen molar-refractivity contribution in [3.8, 4) is 17.2 Å². The molecule has 0 radical (unpaired) electrons. The fourth-order valence-electron chi connectivity index (χ4n) is 3.83. The molecule has 36 heavy (non-hydrogen) atoms. The number of halogens is 1. The van der Waals surface area contributed by atoms with Gasteiger partial charge in [0, 0.05) is 23.0 Å². The number of amides is 1. The number of aryl methyl sites for hydroxylation is 1. The number of rotatable bonds is 10. The first-order valence-corrected chi connectivity index (χ1v) is 13.0. The van der Waals surface area contributed by atoms with E-state index in [0.717, 1.165) is 21.3 Å². The summed E-state index contributed by atoms with van der Waals surface area (Å²) in [4.78, 5) is 24.7. The van der Waals surface area contributed by atoms with Gasteiger partial charge in [0.2, 0.25) is 5.75 Å². The van der Waals surface area contributed by atoms with Crippen molar-refractivity contribution < 1.29 is 19.0 Å². The SMILES string of the molecule is CCOc1cc(C(=O)N(Cc2cccnc2)c2nc3c(C)cc(Cl)cc3s2)cc(OCC)c1OCC. The second-order valence-corrected chi connectivity index (χ2v) is 9.36. The van der Waals surface area contributed by atoms with Crippen molar-refractivity contribution in [2.75, 3.05) is 24.7 Å². The Kier molecular flexibility index (Phi) is 8.28. The Balaban J connectivity index is 1.83. The van der Waals surface area contributed by atoms with Crippen LogP contribution in [0.2, 0.25) is 5.02 Å². The van der Waals surface area contributed by atoms with Gasteiger partial charge in [-0.25, -0.2) is 4.98 Å². The number of carbonyl (C=O) groups is 1. The van der Waals surface area contributed by atoms with E-state index in [-0.39, 0.29) is 5.91 Å². The van der Waals surface area contributed by atoms with Crippen molar-refractivity contribution in [1.82, 2.24) is 9.97 Å². The van der Waals surface area contributed by atoms with Gasteiger partial charge in [-0.3, -0.25) is 14.7 Å². The molecule has 9 heteroatoms. The standard InChI is InChI=1S/C27H28ClN3O4S/c1-5-33-21-12-19(13-22(34-6-2)25(21)35-7-3)26(32)31(16-18-9-8-10-29-15-18)27-30-24-17(4)11-20(28)14-23(24)36-27/h8-15H,5-7,16H2,1-4H3. The topological polar surface area (TPSA) is 73.8 Å². The van der Waals surface area contributed by atoms with E-state index in [4.69, 9.17) is 30.8 Å². The maximum atomic E-state index is 14.1. The summed E-state index contributed by atoms with van der Waals surface area (Å²) in [6, 6.07) is 10.9. The molecule has 0 fully saturated rings. The van der Waals surface area contributed by atoms with Crippen LogP contribution in [0.15, 0.2) is 48.8 Å². The van der Waals surface area contributed by atoms with E-state index in [2.05, 4.69) is 4.98 Å². The van der Waals surface area contributed by atoms with E-state index in [1.54, 1.807) is 29.4 Å². The third-order valence-corrected chi connectivity index (χ3v) is 6.58. The molecule has 0 aliphatic carbocycles. The Morgan fingerprint density at radius 2 is 1.72 bits per heavy atom. The van der Waals surface area contributed by atoms with Crippen LogP contribution in [-0.4, -0.2) is 35.7 Å². The monoisotopic (exact) mass is 525 g/mol. The van der Waals surface area contributed by atoms with Crippen LogP contribution in [0.4, 0.5) is 5.13 Å². The largest absolute Gasteiger partial charge is 0.490 e. The van der Waals surface area contributed by atoms with Gasteiger partial charge in [0.1, 0.15) is 0 Å². The Labute approximate surface area is 219 Å². The summed E-state index contributed by atoms with van der Waals surface area (Å²) in [6.07, 6.45) is 3.44. The molecule has 0 bridgehead atoms. The number of anilines is 1. The van der Waals surface area contributed by atoms with Crippen molar-refractivity contribution in [3.05, 3.63) is 70.5 Å². The van der Waals surface area contributed by atoms with Crippen LogP contribution in [0.1, 0.15) is 42.3 Å². The third-order valence-electron chi connectivity index (χ3n) is 5.33. The molecule has 0 unspecified atom stereocenters. The number of hydrogen-bond acceptors (Lipinski definition) is 7. The average Bonchev–Trinajstić information content (AvgIpc) is 3.29. The molecule has 0 spiro atoms. The summed E-state index contributed by atoms with van der Waals surface area (Å²) in [5.74, 6) is 1.16. The van der Waals surface area contributed by atoms with Crippen molar-refractivity contribution >= 4 is 44.2 Å². The number of ether oxygens (including phenoxy) is 3. The van der Waals surface area contributed by atoms with Gasteiger partial charge in [0.05, 0.1) is 36.6 Å². The van der Waals surface area contributed by atoms with Crippen molar-refractivity contribution in [2.24, 2.45) is 0 Å². The second-order valence-electron chi connectivity index (χ2n) is 7.92. The highest BCUT2D eigenvalue weighted by Gasteiger charge is 2.26. The predicted octanol–water partition coefficient (Wildman–Crippen LogP) is 6.70. The quantitative estimate of drug-likeness (QED) is 0.229. The van der Waals surface area contributed by atoms with Crippen LogP contribution < -0.4 is 19.1 Å². The molecule has 0 saturated carbocycles. The van der Waals surface area contributed by atoms with E-state index >= 15 is 0 Å². The van der Waals surface area contributed by atoms with Gasteiger partial charge >= 0.3 is 0 Å². The number of fused-ring (bicyclic) bond motifs is 1. The first-order valence-electron chi connectivity index (χ1n) is 11.8. The molecule has 188 valence electrons. The van der Waals surface area contributed by atoms with E-state index in [9.17, 15) is 4.79 Å². The minimum absolute atomic E-state index is 0.244. The molecule has 0 saturated heterocycles. The van der Waals surface area contributed by atoms with Gasteiger partial charge in [-0.15, -0.1) is 0 Å². The van der Waals surface area contributed by atoms with E-state index in [1.807, 2.05) is 52.0 Å². The molecule has 2 aromatic heterocycles. The summed E-state index contributed by atoms with van der Waals surface area (Å²) in [6.45, 7) is 9.18. The fraction of sp³-hybridized carbons (Fsp3) is 0.296. The van der Waals surface area contributed by atoms with Crippen molar-refractivity contribution in [1.29, 1.82) is 0 Å². The van der Waals surface area contributed by atoms with Crippen molar-refractivity contribution in [3.63, 3.8) is 0 Å². The maximum absolute atomic E-state index is 14.1. The van der Waals surface area contributed by atoms with Gasteiger partial charge in [0.25, 0.3) is 5.91 Å². The van der Waals surface area contributed by atoms with Crippen LogP contribution >= 0.6 is 22.9 Å². The fourth-order valence-corrected chi connectivity index (χ4v) is 5.24. The molecule has 2 heterocycles. The summed E-state index contributed by atoms with van der Waals surface area (Å²) >= 11 is 7.70. The molecule has 0 aliphatic heterocycles. The molecule has 0 atom stereocenters. The molecule has 2 aromatic carbocycles. The first-order chi connectivity index (χ1) is 17.4. The highest BCUT2D eigenvalue weighted by atomic mass is 35.5. The molecular weight excluding hydrogens is 498 g/mol. The van der Waals surface area contributed by atoms with Crippen molar-refractivity contribution in [2.45, 2.75) is 34.2 Å². The zero-order chi connectivity index (χ0) is 25.7. The first kappa shape index (κ1) is 25.7. The smallest absolute Gasteiger partial charge is 0.260 e. The predicted molar refractivity (Wildman–Crippen MR) is 144 cm³/mol. The zero-order valence-electron chi connectivity index (χ0n) is 20.7. The third kappa shape index (κ3) is 5.55. The normalized spacial score (nSPS) is 10.9. The number of aromatic nitrogens is 2. The Morgan fingerprint density at radius 3 is 2.33 bits per heavy atom. The summed E-state index contributed by atoms with van der Waals surface area (Å²) in [5.41, 5.74) is 3.05. The molecule has 4 aromatic rings. The van der Waals surface area contributed by atoms with Gasteiger partial charge < -0.3 is 14.2 Å². The van der Waals surface area contributed by atoms with Gasteiger partial charge in [-0.2, -0.15) is 0 Å². The van der Waals surface area contributed by atoms with Gasteiger partial charge in [-0.1, -0.05) is 29.0 Å². The number of benzene rings is 2. The summed E-state index contributed by atoms with van der Waals surface area (Å²) in [5, 5.41) is 1.20.